The van der Waals surface area contributed by atoms with E-state index < -0.39 is 0 Å². The third-order valence-corrected chi connectivity index (χ3v) is 2.13. The molecule has 0 saturated heterocycles. The Labute approximate surface area is 109 Å². The second-order valence-electron chi connectivity index (χ2n) is 4.89. The minimum atomic E-state index is -0.236. The van der Waals surface area contributed by atoms with E-state index in [1.165, 1.54) is 0 Å². The van der Waals surface area contributed by atoms with Crippen LogP contribution in [0, 0.1) is 0 Å². The molecule has 0 aliphatic rings. The maximum absolute atomic E-state index is 5.72. The highest BCUT2D eigenvalue weighted by Gasteiger charge is 2.12. The molecule has 0 aliphatic carbocycles. The van der Waals surface area contributed by atoms with Crippen molar-refractivity contribution in [2.45, 2.75) is 32.9 Å². The van der Waals surface area contributed by atoms with Crippen molar-refractivity contribution in [3.8, 4) is 5.88 Å². The minimum Gasteiger partial charge on any atom is -0.472 e. The number of guanidine groups is 1. The van der Waals surface area contributed by atoms with Crippen molar-refractivity contribution in [1.82, 2.24) is 15.6 Å². The zero-order valence-corrected chi connectivity index (χ0v) is 11.7. The van der Waals surface area contributed by atoms with Gasteiger partial charge in [0.2, 0.25) is 5.88 Å². The molecule has 0 fully saturated rings. The Bertz CT molecular complexity index is 410. The molecule has 1 rings (SSSR count). The van der Waals surface area contributed by atoms with Crippen LogP contribution in [-0.2, 0) is 6.54 Å². The summed E-state index contributed by atoms with van der Waals surface area (Å²) in [6.45, 7) is 6.68. The Kier molecular flexibility index (Phi) is 4.95. The predicted molar refractivity (Wildman–Crippen MR) is 73.9 cm³/mol. The Morgan fingerprint density at radius 1 is 1.44 bits per heavy atom. The van der Waals surface area contributed by atoms with Crippen molar-refractivity contribution in [2.24, 2.45) is 4.99 Å². The van der Waals surface area contributed by atoms with Gasteiger partial charge in [0.05, 0.1) is 0 Å². The molecule has 2 N–H and O–H groups in total. The molecule has 0 amide bonds. The van der Waals surface area contributed by atoms with E-state index in [0.717, 1.165) is 11.5 Å². The van der Waals surface area contributed by atoms with Gasteiger partial charge in [-0.25, -0.2) is 4.98 Å². The molecule has 0 atom stereocenters. The van der Waals surface area contributed by atoms with Crippen LogP contribution < -0.4 is 15.4 Å². The molecule has 0 aromatic carbocycles. The van der Waals surface area contributed by atoms with Crippen LogP contribution >= 0.6 is 0 Å². The predicted octanol–water partition coefficient (Wildman–Crippen LogP) is 1.55. The van der Waals surface area contributed by atoms with Crippen molar-refractivity contribution in [3.05, 3.63) is 23.9 Å². The first-order chi connectivity index (χ1) is 8.44. The van der Waals surface area contributed by atoms with Crippen LogP contribution in [0.4, 0.5) is 0 Å². The van der Waals surface area contributed by atoms with Crippen LogP contribution in [-0.4, -0.2) is 30.6 Å². The van der Waals surface area contributed by atoms with Crippen LogP contribution in [0.25, 0.3) is 0 Å². The Morgan fingerprint density at radius 3 is 2.72 bits per heavy atom. The first kappa shape index (κ1) is 14.3. The van der Waals surface area contributed by atoms with Crippen LogP contribution in [0.2, 0.25) is 0 Å². The molecular formula is C13H22N4O. The van der Waals surface area contributed by atoms with Gasteiger partial charge in [-0.2, -0.15) is 0 Å². The number of aromatic nitrogens is 1. The molecule has 1 heterocycles. The maximum Gasteiger partial charge on any atom is 0.214 e. The average molecular weight is 250 g/mol. The van der Waals surface area contributed by atoms with E-state index in [1.807, 2.05) is 40.0 Å². The molecule has 1 aromatic heterocycles. The summed E-state index contributed by atoms with van der Waals surface area (Å²) in [5.41, 5.74) is 0.862. The van der Waals surface area contributed by atoms with E-state index in [0.29, 0.717) is 12.4 Å². The molecule has 1 aromatic rings. The molecule has 100 valence electrons. The molecule has 0 bridgehead atoms. The lowest BCUT2D eigenvalue weighted by molar-refractivity contribution is 0.124. The summed E-state index contributed by atoms with van der Waals surface area (Å²) < 4.78 is 5.72. The van der Waals surface area contributed by atoms with E-state index in [-0.39, 0.29) is 5.60 Å². The fourth-order valence-corrected chi connectivity index (χ4v) is 1.39. The number of hydrogen-bond acceptors (Lipinski definition) is 3. The van der Waals surface area contributed by atoms with Gasteiger partial charge in [-0.3, -0.25) is 4.99 Å². The largest absolute Gasteiger partial charge is 0.472 e. The van der Waals surface area contributed by atoms with Gasteiger partial charge in [0.25, 0.3) is 0 Å². The van der Waals surface area contributed by atoms with Crippen molar-refractivity contribution in [1.29, 1.82) is 0 Å². The Morgan fingerprint density at radius 2 is 2.17 bits per heavy atom. The van der Waals surface area contributed by atoms with Crippen molar-refractivity contribution in [3.63, 3.8) is 0 Å². The first-order valence-electron chi connectivity index (χ1n) is 5.97. The highest BCUT2D eigenvalue weighted by Crippen LogP contribution is 2.16. The smallest absolute Gasteiger partial charge is 0.214 e. The molecule has 0 saturated carbocycles. The van der Waals surface area contributed by atoms with Gasteiger partial charge >= 0.3 is 0 Å². The van der Waals surface area contributed by atoms with Gasteiger partial charge in [-0.1, -0.05) is 0 Å². The summed E-state index contributed by atoms with van der Waals surface area (Å²) in [4.78, 5) is 8.25. The lowest BCUT2D eigenvalue weighted by Crippen LogP contribution is -2.34. The Balaban J connectivity index is 2.65. The van der Waals surface area contributed by atoms with Gasteiger partial charge in [0.15, 0.2) is 5.96 Å². The van der Waals surface area contributed by atoms with Gasteiger partial charge in [0, 0.05) is 32.9 Å². The average Bonchev–Trinajstić information content (AvgIpc) is 2.28. The third kappa shape index (κ3) is 5.03. The molecule has 0 spiro atoms. The summed E-state index contributed by atoms with van der Waals surface area (Å²) >= 11 is 0. The molecular weight excluding hydrogens is 228 g/mol. The van der Waals surface area contributed by atoms with Gasteiger partial charge in [-0.15, -0.1) is 0 Å². The second kappa shape index (κ2) is 6.23. The quantitative estimate of drug-likeness (QED) is 0.631. The normalized spacial score (nSPS) is 12.2. The van der Waals surface area contributed by atoms with Gasteiger partial charge in [-0.05, 0) is 32.4 Å². The van der Waals surface area contributed by atoms with Crippen LogP contribution in [0.3, 0.4) is 0 Å². The minimum absolute atomic E-state index is 0.236. The zero-order chi connectivity index (χ0) is 13.6. The summed E-state index contributed by atoms with van der Waals surface area (Å²) in [6.07, 6.45) is 1.75. The molecule has 0 radical (unpaired) electrons. The zero-order valence-electron chi connectivity index (χ0n) is 11.7. The number of nitrogens with zero attached hydrogens (tertiary/aromatic N) is 2. The van der Waals surface area contributed by atoms with E-state index in [1.54, 1.807) is 13.2 Å². The topological polar surface area (TPSA) is 58.5 Å². The summed E-state index contributed by atoms with van der Waals surface area (Å²) in [7, 11) is 3.57. The molecule has 0 unspecified atom stereocenters. The second-order valence-corrected chi connectivity index (χ2v) is 4.89. The number of ether oxygens (including phenoxy) is 1. The highest BCUT2D eigenvalue weighted by molar-refractivity contribution is 5.79. The highest BCUT2D eigenvalue weighted by atomic mass is 16.5. The number of rotatable bonds is 3. The third-order valence-electron chi connectivity index (χ3n) is 2.13. The van der Waals surface area contributed by atoms with Crippen LogP contribution in [0.15, 0.2) is 23.3 Å². The molecule has 5 nitrogen and oxygen atoms in total. The van der Waals surface area contributed by atoms with Gasteiger partial charge < -0.3 is 15.4 Å². The summed E-state index contributed by atoms with van der Waals surface area (Å²) in [5, 5.41) is 6.15. The van der Waals surface area contributed by atoms with Crippen molar-refractivity contribution >= 4 is 5.96 Å². The summed E-state index contributed by atoms with van der Waals surface area (Å²) in [6, 6.07) is 3.88. The Hall–Kier alpha value is -1.78. The summed E-state index contributed by atoms with van der Waals surface area (Å²) in [5.74, 6) is 1.39. The number of aliphatic imine (C=N–C) groups is 1. The van der Waals surface area contributed by atoms with Crippen molar-refractivity contribution < 1.29 is 4.74 Å². The monoisotopic (exact) mass is 250 g/mol. The van der Waals surface area contributed by atoms with Crippen molar-refractivity contribution in [2.75, 3.05) is 14.1 Å². The number of hydrogen-bond donors (Lipinski definition) is 2. The molecule has 0 aliphatic heterocycles. The number of nitrogens with one attached hydrogen (secondary N) is 2. The maximum atomic E-state index is 5.72. The van der Waals surface area contributed by atoms with E-state index >= 15 is 0 Å². The fourth-order valence-electron chi connectivity index (χ4n) is 1.39. The lowest BCUT2D eigenvalue weighted by atomic mass is 10.2. The first-order valence-corrected chi connectivity index (χ1v) is 5.97. The fraction of sp³-hybridized carbons (Fsp3) is 0.538. The molecule has 18 heavy (non-hydrogen) atoms. The van der Waals surface area contributed by atoms with Crippen LogP contribution in [0.1, 0.15) is 26.3 Å². The van der Waals surface area contributed by atoms with Crippen LogP contribution in [0.5, 0.6) is 5.88 Å². The van der Waals surface area contributed by atoms with E-state index in [9.17, 15) is 0 Å². The lowest BCUT2D eigenvalue weighted by Gasteiger charge is -2.20. The van der Waals surface area contributed by atoms with E-state index in [2.05, 4.69) is 20.6 Å². The van der Waals surface area contributed by atoms with E-state index in [4.69, 9.17) is 4.74 Å². The van der Waals surface area contributed by atoms with Gasteiger partial charge in [0.1, 0.15) is 5.60 Å². The SMILES string of the molecule is CN=C(NC)NCc1ccnc(OC(C)(C)C)c1. The standard InChI is InChI=1S/C13H22N4O/c1-13(2,3)18-11-8-10(6-7-16-11)9-17-12(14-4)15-5/h6-8H,9H2,1-5H3,(H2,14,15,17). The number of pyridine rings is 1. The molecule has 5 heteroatoms.